The topological polar surface area (TPSA) is 12.0 Å². The van der Waals surface area contributed by atoms with E-state index in [1.165, 1.54) is 0 Å². The number of halogens is 3. The van der Waals surface area contributed by atoms with Gasteiger partial charge in [0.1, 0.15) is 11.6 Å². The molecular weight excluding hydrogens is 312 g/mol. The molecule has 1 N–H and O–H groups in total. The molecule has 2 aromatic rings. The Morgan fingerprint density at radius 2 is 1.84 bits per heavy atom. The molecule has 0 saturated heterocycles. The molecule has 1 unspecified atom stereocenters. The minimum Gasteiger partial charge on any atom is -0.309 e. The lowest BCUT2D eigenvalue weighted by molar-refractivity contribution is 0.547. The quantitative estimate of drug-likeness (QED) is 0.884. The molecule has 0 aromatic heterocycles. The third-order valence-electron chi connectivity index (χ3n) is 3.06. The van der Waals surface area contributed by atoms with E-state index in [0.717, 1.165) is 16.1 Å². The van der Waals surface area contributed by atoms with Crippen LogP contribution in [0.3, 0.4) is 0 Å². The molecule has 0 fully saturated rings. The second-order valence-corrected chi connectivity index (χ2v) is 5.32. The lowest BCUT2D eigenvalue weighted by Gasteiger charge is -2.19. The van der Waals surface area contributed by atoms with Gasteiger partial charge in [-0.05, 0) is 43.3 Å². The van der Waals surface area contributed by atoms with Gasteiger partial charge in [0.25, 0.3) is 0 Å². The number of benzene rings is 2. The van der Waals surface area contributed by atoms with Crippen molar-refractivity contribution >= 4 is 15.9 Å². The van der Waals surface area contributed by atoms with Crippen LogP contribution in [-0.4, -0.2) is 7.05 Å². The summed E-state index contributed by atoms with van der Waals surface area (Å²) in [4.78, 5) is 0. The van der Waals surface area contributed by atoms with Crippen molar-refractivity contribution in [3.05, 3.63) is 69.2 Å². The molecule has 2 rings (SSSR count). The maximum Gasteiger partial charge on any atom is 0.131 e. The maximum atomic E-state index is 14.0. The minimum absolute atomic E-state index is 0.309. The van der Waals surface area contributed by atoms with Crippen molar-refractivity contribution in [1.82, 2.24) is 5.32 Å². The summed E-state index contributed by atoms with van der Waals surface area (Å²) < 4.78 is 28.2. The van der Waals surface area contributed by atoms with Gasteiger partial charge in [-0.15, -0.1) is 0 Å². The number of aryl methyl sites for hydroxylation is 1. The average Bonchev–Trinajstić information content (AvgIpc) is 2.36. The van der Waals surface area contributed by atoms with Gasteiger partial charge in [0.2, 0.25) is 0 Å². The highest BCUT2D eigenvalue weighted by molar-refractivity contribution is 9.10. The SMILES string of the molecule is CNC(c1cccc(Br)c1)c1cc(C)c(F)cc1F. The van der Waals surface area contributed by atoms with Gasteiger partial charge in [0.15, 0.2) is 0 Å². The first-order valence-electron chi connectivity index (χ1n) is 5.91. The van der Waals surface area contributed by atoms with E-state index in [9.17, 15) is 8.78 Å². The molecule has 2 aromatic carbocycles. The lowest BCUT2D eigenvalue weighted by atomic mass is 9.97. The Morgan fingerprint density at radius 1 is 1.11 bits per heavy atom. The Labute approximate surface area is 119 Å². The smallest absolute Gasteiger partial charge is 0.131 e. The molecule has 0 radical (unpaired) electrons. The highest BCUT2D eigenvalue weighted by Crippen LogP contribution is 2.27. The molecule has 0 aliphatic rings. The summed E-state index contributed by atoms with van der Waals surface area (Å²) in [5, 5.41) is 3.07. The summed E-state index contributed by atoms with van der Waals surface area (Å²) in [5.74, 6) is -1.06. The van der Waals surface area contributed by atoms with Gasteiger partial charge in [-0.3, -0.25) is 0 Å². The largest absolute Gasteiger partial charge is 0.309 e. The van der Waals surface area contributed by atoms with Crippen molar-refractivity contribution in [2.45, 2.75) is 13.0 Å². The van der Waals surface area contributed by atoms with Crippen molar-refractivity contribution in [3.8, 4) is 0 Å². The number of hydrogen-bond donors (Lipinski definition) is 1. The van der Waals surface area contributed by atoms with Gasteiger partial charge in [-0.2, -0.15) is 0 Å². The molecular formula is C15H14BrF2N. The molecule has 0 aliphatic heterocycles. The molecule has 0 spiro atoms. The predicted molar refractivity (Wildman–Crippen MR) is 76.1 cm³/mol. The van der Waals surface area contributed by atoms with Crippen LogP contribution < -0.4 is 5.32 Å². The summed E-state index contributed by atoms with van der Waals surface area (Å²) in [5.41, 5.74) is 1.80. The van der Waals surface area contributed by atoms with E-state index >= 15 is 0 Å². The third-order valence-corrected chi connectivity index (χ3v) is 3.55. The van der Waals surface area contributed by atoms with E-state index in [4.69, 9.17) is 0 Å². The Hall–Kier alpha value is -1.26. The van der Waals surface area contributed by atoms with E-state index in [0.29, 0.717) is 11.1 Å². The van der Waals surface area contributed by atoms with Crippen LogP contribution in [0.1, 0.15) is 22.7 Å². The Balaban J connectivity index is 2.51. The van der Waals surface area contributed by atoms with Crippen LogP contribution in [0.15, 0.2) is 40.9 Å². The molecule has 1 nitrogen and oxygen atoms in total. The molecule has 0 heterocycles. The summed E-state index contributed by atoms with van der Waals surface area (Å²) in [7, 11) is 1.75. The fourth-order valence-electron chi connectivity index (χ4n) is 2.09. The Kier molecular flexibility index (Phi) is 4.32. The second kappa shape index (κ2) is 5.80. The first kappa shape index (κ1) is 14.2. The Morgan fingerprint density at radius 3 is 2.47 bits per heavy atom. The predicted octanol–water partition coefficient (Wildman–Crippen LogP) is 4.34. The summed E-state index contributed by atoms with van der Waals surface area (Å²) in [6.07, 6.45) is 0. The van der Waals surface area contributed by atoms with E-state index in [2.05, 4.69) is 21.2 Å². The molecule has 19 heavy (non-hydrogen) atoms. The van der Waals surface area contributed by atoms with Crippen molar-refractivity contribution in [2.24, 2.45) is 0 Å². The number of rotatable bonds is 3. The fourth-order valence-corrected chi connectivity index (χ4v) is 2.51. The first-order chi connectivity index (χ1) is 9.02. The van der Waals surface area contributed by atoms with E-state index in [1.54, 1.807) is 20.0 Å². The van der Waals surface area contributed by atoms with Crippen LogP contribution in [0.2, 0.25) is 0 Å². The van der Waals surface area contributed by atoms with E-state index < -0.39 is 11.6 Å². The highest BCUT2D eigenvalue weighted by atomic mass is 79.9. The normalized spacial score (nSPS) is 12.5. The van der Waals surface area contributed by atoms with Crippen LogP contribution in [0.4, 0.5) is 8.78 Å². The van der Waals surface area contributed by atoms with Gasteiger partial charge in [-0.25, -0.2) is 8.78 Å². The van der Waals surface area contributed by atoms with Gasteiger partial charge in [0.05, 0.1) is 6.04 Å². The number of nitrogens with one attached hydrogen (secondary N) is 1. The highest BCUT2D eigenvalue weighted by Gasteiger charge is 2.18. The molecule has 0 amide bonds. The van der Waals surface area contributed by atoms with E-state index in [-0.39, 0.29) is 6.04 Å². The van der Waals surface area contributed by atoms with E-state index in [1.807, 2.05) is 24.3 Å². The van der Waals surface area contributed by atoms with Crippen LogP contribution in [-0.2, 0) is 0 Å². The van der Waals surface area contributed by atoms with Gasteiger partial charge in [-0.1, -0.05) is 28.1 Å². The van der Waals surface area contributed by atoms with Gasteiger partial charge in [0, 0.05) is 16.1 Å². The molecule has 0 saturated carbocycles. The number of hydrogen-bond acceptors (Lipinski definition) is 1. The third kappa shape index (κ3) is 3.01. The van der Waals surface area contributed by atoms with Crippen molar-refractivity contribution in [2.75, 3.05) is 7.05 Å². The van der Waals surface area contributed by atoms with Gasteiger partial charge < -0.3 is 5.32 Å². The molecule has 100 valence electrons. The van der Waals surface area contributed by atoms with Crippen molar-refractivity contribution < 1.29 is 8.78 Å². The Bertz CT molecular complexity index is 599. The molecule has 0 bridgehead atoms. The van der Waals surface area contributed by atoms with Crippen LogP contribution >= 0.6 is 15.9 Å². The molecule has 0 aliphatic carbocycles. The average molecular weight is 326 g/mol. The first-order valence-corrected chi connectivity index (χ1v) is 6.70. The minimum atomic E-state index is -0.539. The fraction of sp³-hybridized carbons (Fsp3) is 0.200. The second-order valence-electron chi connectivity index (χ2n) is 4.40. The maximum absolute atomic E-state index is 14.0. The zero-order chi connectivity index (χ0) is 14.0. The zero-order valence-corrected chi connectivity index (χ0v) is 12.3. The summed E-state index contributed by atoms with van der Waals surface area (Å²) in [6.45, 7) is 1.63. The van der Waals surface area contributed by atoms with Gasteiger partial charge >= 0.3 is 0 Å². The zero-order valence-electron chi connectivity index (χ0n) is 10.7. The lowest BCUT2D eigenvalue weighted by Crippen LogP contribution is -2.19. The van der Waals surface area contributed by atoms with Crippen molar-refractivity contribution in [3.63, 3.8) is 0 Å². The molecule has 4 heteroatoms. The monoisotopic (exact) mass is 325 g/mol. The van der Waals surface area contributed by atoms with Crippen molar-refractivity contribution in [1.29, 1.82) is 0 Å². The summed E-state index contributed by atoms with van der Waals surface area (Å²) in [6, 6.07) is 9.79. The van der Waals surface area contributed by atoms with Crippen LogP contribution in [0, 0.1) is 18.6 Å². The van der Waals surface area contributed by atoms with Crippen LogP contribution in [0.5, 0.6) is 0 Å². The van der Waals surface area contributed by atoms with Crippen LogP contribution in [0.25, 0.3) is 0 Å². The molecule has 1 atom stereocenters. The standard InChI is InChI=1S/C15H14BrF2N/c1-9-6-12(14(18)8-13(9)17)15(19-2)10-4-3-5-11(16)7-10/h3-8,15,19H,1-2H3. The summed E-state index contributed by atoms with van der Waals surface area (Å²) >= 11 is 3.40.